The lowest BCUT2D eigenvalue weighted by Gasteiger charge is -2.15. The van der Waals surface area contributed by atoms with Crippen LogP contribution in [0.2, 0.25) is 0 Å². The summed E-state index contributed by atoms with van der Waals surface area (Å²) in [5.74, 6) is -0.582. The van der Waals surface area contributed by atoms with Crippen LogP contribution in [0.25, 0.3) is 0 Å². The molecule has 0 aromatic rings. The van der Waals surface area contributed by atoms with Crippen LogP contribution in [-0.4, -0.2) is 36.4 Å². The van der Waals surface area contributed by atoms with E-state index in [1.165, 1.54) is 193 Å². The van der Waals surface area contributed by atoms with E-state index >= 15 is 0 Å². The van der Waals surface area contributed by atoms with Crippen LogP contribution in [0.5, 0.6) is 0 Å². The van der Waals surface area contributed by atoms with Crippen LogP contribution in [0.4, 0.5) is 0 Å². The highest BCUT2D eigenvalue weighted by Crippen LogP contribution is 2.16. The van der Waals surface area contributed by atoms with Gasteiger partial charge in [-0.1, -0.05) is 243 Å². The molecule has 0 spiro atoms. The van der Waals surface area contributed by atoms with Crippen molar-refractivity contribution >= 4 is 11.9 Å². The third-order valence-electron chi connectivity index (χ3n) is 11.4. The molecule has 340 valence electrons. The summed E-state index contributed by atoms with van der Waals surface area (Å²) in [5, 5.41) is 9.62. The highest BCUT2D eigenvalue weighted by molar-refractivity contribution is 5.70. The maximum atomic E-state index is 12.3. The van der Waals surface area contributed by atoms with Crippen molar-refractivity contribution in [2.75, 3.05) is 13.2 Å². The summed E-state index contributed by atoms with van der Waals surface area (Å²) >= 11 is 0. The van der Waals surface area contributed by atoms with Crippen LogP contribution in [0.15, 0.2) is 36.5 Å². The van der Waals surface area contributed by atoms with E-state index in [0.29, 0.717) is 12.8 Å². The number of unbranched alkanes of at least 4 members (excludes halogenated alkanes) is 33. The monoisotopic (exact) mass is 815 g/mol. The summed E-state index contributed by atoms with van der Waals surface area (Å²) in [6.07, 6.45) is 62.3. The molecule has 5 nitrogen and oxygen atoms in total. The van der Waals surface area contributed by atoms with Crippen LogP contribution in [0.3, 0.4) is 0 Å². The van der Waals surface area contributed by atoms with Crippen molar-refractivity contribution < 1.29 is 24.2 Å². The molecule has 0 aliphatic carbocycles. The molecule has 1 atom stereocenters. The molecule has 5 heteroatoms. The molecule has 0 saturated carbocycles. The molecule has 0 rings (SSSR count). The van der Waals surface area contributed by atoms with E-state index in [2.05, 4.69) is 50.3 Å². The van der Waals surface area contributed by atoms with Crippen LogP contribution in [0, 0.1) is 0 Å². The first-order valence-electron chi connectivity index (χ1n) is 25.5. The van der Waals surface area contributed by atoms with Crippen molar-refractivity contribution in [3.05, 3.63) is 36.5 Å². The Morgan fingerprint density at radius 2 is 0.690 bits per heavy atom. The van der Waals surface area contributed by atoms with E-state index in [0.717, 1.165) is 51.4 Å². The second kappa shape index (κ2) is 49.5. The van der Waals surface area contributed by atoms with Gasteiger partial charge >= 0.3 is 11.9 Å². The molecule has 0 fully saturated rings. The molecule has 0 radical (unpaired) electrons. The Balaban J connectivity index is 3.49. The Bertz CT molecular complexity index is 924. The zero-order valence-corrected chi connectivity index (χ0v) is 38.8. The Morgan fingerprint density at radius 3 is 1.03 bits per heavy atom. The first kappa shape index (κ1) is 56.1. The van der Waals surface area contributed by atoms with Gasteiger partial charge in [0, 0.05) is 12.8 Å². The first-order valence-corrected chi connectivity index (χ1v) is 25.5. The van der Waals surface area contributed by atoms with Gasteiger partial charge in [-0.05, 0) is 51.4 Å². The van der Waals surface area contributed by atoms with E-state index in [-0.39, 0.29) is 25.2 Å². The Labute approximate surface area is 361 Å². The molecule has 1 unspecified atom stereocenters. The summed E-state index contributed by atoms with van der Waals surface area (Å²) in [7, 11) is 0. The molecule has 58 heavy (non-hydrogen) atoms. The molecule has 0 aliphatic heterocycles. The lowest BCUT2D eigenvalue weighted by atomic mass is 10.0. The third kappa shape index (κ3) is 46.8. The SMILES string of the molecule is CCCCCCC/C=C\C/C=C\C/C=C\CCCCCCCCCCCCC(=O)OC(CO)COC(=O)CCCCCCCCCCCCCCCCCCCCC. The second-order valence-electron chi connectivity index (χ2n) is 17.3. The zero-order valence-electron chi connectivity index (χ0n) is 38.8. The lowest BCUT2D eigenvalue weighted by molar-refractivity contribution is -0.161. The molecule has 0 heterocycles. The third-order valence-corrected chi connectivity index (χ3v) is 11.4. The summed E-state index contributed by atoms with van der Waals surface area (Å²) in [5.41, 5.74) is 0. The number of esters is 2. The number of carbonyl (C=O) groups is 2. The van der Waals surface area contributed by atoms with Gasteiger partial charge < -0.3 is 14.6 Å². The van der Waals surface area contributed by atoms with E-state index < -0.39 is 6.10 Å². The average Bonchev–Trinajstić information content (AvgIpc) is 3.23. The molecule has 1 N–H and O–H groups in total. The minimum atomic E-state index is -0.771. The molecule has 0 aromatic carbocycles. The number of hydrogen-bond acceptors (Lipinski definition) is 5. The fraction of sp³-hybridized carbons (Fsp3) is 0.849. The van der Waals surface area contributed by atoms with Gasteiger partial charge in [-0.25, -0.2) is 0 Å². The fourth-order valence-corrected chi connectivity index (χ4v) is 7.56. The Morgan fingerprint density at radius 1 is 0.397 bits per heavy atom. The van der Waals surface area contributed by atoms with Crippen LogP contribution >= 0.6 is 0 Å². The van der Waals surface area contributed by atoms with E-state index in [9.17, 15) is 14.7 Å². The summed E-state index contributed by atoms with van der Waals surface area (Å²) in [6.45, 7) is 4.16. The van der Waals surface area contributed by atoms with Gasteiger partial charge in [0.05, 0.1) is 6.61 Å². The smallest absolute Gasteiger partial charge is 0.306 e. The van der Waals surface area contributed by atoms with Crippen molar-refractivity contribution in [3.63, 3.8) is 0 Å². The summed E-state index contributed by atoms with van der Waals surface area (Å²) in [4.78, 5) is 24.4. The Kier molecular flexibility index (Phi) is 47.9. The van der Waals surface area contributed by atoms with E-state index in [1.54, 1.807) is 0 Å². The summed E-state index contributed by atoms with van der Waals surface area (Å²) < 4.78 is 10.7. The van der Waals surface area contributed by atoms with Gasteiger partial charge in [-0.3, -0.25) is 9.59 Å². The number of aliphatic hydroxyl groups excluding tert-OH is 1. The largest absolute Gasteiger partial charge is 0.462 e. The maximum Gasteiger partial charge on any atom is 0.306 e. The quantitative estimate of drug-likeness (QED) is 0.0376. The predicted molar refractivity (Wildman–Crippen MR) is 251 cm³/mol. The fourth-order valence-electron chi connectivity index (χ4n) is 7.56. The predicted octanol–water partition coefficient (Wildman–Crippen LogP) is 16.7. The maximum absolute atomic E-state index is 12.3. The van der Waals surface area contributed by atoms with Gasteiger partial charge in [-0.15, -0.1) is 0 Å². The van der Waals surface area contributed by atoms with Crippen LogP contribution in [0.1, 0.15) is 271 Å². The zero-order chi connectivity index (χ0) is 42.1. The van der Waals surface area contributed by atoms with Crippen molar-refractivity contribution in [3.8, 4) is 0 Å². The molecule has 0 saturated heterocycles. The highest BCUT2D eigenvalue weighted by Gasteiger charge is 2.16. The number of ether oxygens (including phenoxy) is 2. The van der Waals surface area contributed by atoms with E-state index in [1.807, 2.05) is 0 Å². The summed E-state index contributed by atoms with van der Waals surface area (Å²) in [6, 6.07) is 0. The molecular weight excluding hydrogens is 717 g/mol. The van der Waals surface area contributed by atoms with Gasteiger partial charge in [-0.2, -0.15) is 0 Å². The minimum absolute atomic E-state index is 0.0633. The number of carbonyl (C=O) groups excluding carboxylic acids is 2. The van der Waals surface area contributed by atoms with Crippen molar-refractivity contribution in [2.24, 2.45) is 0 Å². The first-order chi connectivity index (χ1) is 28.6. The van der Waals surface area contributed by atoms with Crippen molar-refractivity contribution in [1.29, 1.82) is 0 Å². The molecular formula is C53H98O5. The standard InChI is InChI=1S/C53H98O5/c1-3-5-7-9-11-13-15-17-19-21-23-24-25-26-27-28-30-32-34-36-38-40-42-44-46-48-53(56)58-51(49-54)50-57-52(55)47-45-43-41-39-37-35-33-31-29-22-20-18-16-14-12-10-8-6-4-2/h15,17,21,23,25-26,51,54H,3-14,16,18-20,22,24,27-50H2,1-2H3/b17-15-,23-21-,26-25-. The van der Waals surface area contributed by atoms with E-state index in [4.69, 9.17) is 9.47 Å². The number of hydrogen-bond donors (Lipinski definition) is 1. The average molecular weight is 815 g/mol. The van der Waals surface area contributed by atoms with Gasteiger partial charge in [0.1, 0.15) is 6.61 Å². The Hall–Kier alpha value is -1.88. The minimum Gasteiger partial charge on any atom is -0.462 e. The van der Waals surface area contributed by atoms with Gasteiger partial charge in [0.15, 0.2) is 6.10 Å². The molecule has 0 amide bonds. The van der Waals surface area contributed by atoms with Gasteiger partial charge in [0.2, 0.25) is 0 Å². The lowest BCUT2D eigenvalue weighted by Crippen LogP contribution is -2.28. The number of rotatable bonds is 47. The van der Waals surface area contributed by atoms with Crippen LogP contribution < -0.4 is 0 Å². The van der Waals surface area contributed by atoms with Crippen molar-refractivity contribution in [1.82, 2.24) is 0 Å². The topological polar surface area (TPSA) is 72.8 Å². The van der Waals surface area contributed by atoms with Crippen molar-refractivity contribution in [2.45, 2.75) is 277 Å². The number of allylic oxidation sites excluding steroid dienone is 6. The van der Waals surface area contributed by atoms with Crippen LogP contribution in [-0.2, 0) is 19.1 Å². The molecule has 0 aliphatic rings. The second-order valence-corrected chi connectivity index (χ2v) is 17.3. The normalized spacial score (nSPS) is 12.4. The highest BCUT2D eigenvalue weighted by atomic mass is 16.6. The number of aliphatic hydroxyl groups is 1. The van der Waals surface area contributed by atoms with Gasteiger partial charge in [0.25, 0.3) is 0 Å². The molecule has 0 bridgehead atoms. The molecule has 0 aromatic heterocycles.